The second kappa shape index (κ2) is 5.97. The number of aromatic hydroxyl groups is 1. The first-order valence-electron chi connectivity index (χ1n) is 5.86. The zero-order valence-corrected chi connectivity index (χ0v) is 11.1. The Balaban J connectivity index is 2.20. The van der Waals surface area contributed by atoms with E-state index >= 15 is 0 Å². The van der Waals surface area contributed by atoms with E-state index < -0.39 is 5.97 Å². The molecule has 0 heterocycles. The maximum Gasteiger partial charge on any atom is 0.343 e. The van der Waals surface area contributed by atoms with E-state index in [4.69, 9.17) is 14.2 Å². The van der Waals surface area contributed by atoms with Crippen LogP contribution >= 0.6 is 0 Å². The molecule has 0 saturated heterocycles. The van der Waals surface area contributed by atoms with Gasteiger partial charge in [-0.2, -0.15) is 0 Å². The molecule has 0 amide bonds. The fraction of sp³-hybridized carbons (Fsp3) is 0.133. The molecule has 2 aromatic carbocycles. The molecule has 5 heteroatoms. The normalized spacial score (nSPS) is 9.90. The van der Waals surface area contributed by atoms with E-state index in [1.54, 1.807) is 18.2 Å². The summed E-state index contributed by atoms with van der Waals surface area (Å²) in [6.45, 7) is 0. The van der Waals surface area contributed by atoms with Crippen LogP contribution in [0.1, 0.15) is 10.4 Å². The minimum Gasteiger partial charge on any atom is -0.508 e. The summed E-state index contributed by atoms with van der Waals surface area (Å²) >= 11 is 0. The molecule has 2 aromatic rings. The first-order chi connectivity index (χ1) is 9.62. The lowest BCUT2D eigenvalue weighted by atomic mass is 10.2. The second-order valence-corrected chi connectivity index (χ2v) is 3.98. The van der Waals surface area contributed by atoms with Crippen LogP contribution in [0.25, 0.3) is 0 Å². The average Bonchev–Trinajstić information content (AvgIpc) is 2.47. The molecule has 104 valence electrons. The molecule has 0 spiro atoms. The maximum atomic E-state index is 11.9. The van der Waals surface area contributed by atoms with Gasteiger partial charge in [0.15, 0.2) is 0 Å². The van der Waals surface area contributed by atoms with Crippen molar-refractivity contribution in [2.75, 3.05) is 14.2 Å². The number of methoxy groups -OCH3 is 2. The number of carbonyl (C=O) groups is 1. The Morgan fingerprint density at radius 2 is 1.40 bits per heavy atom. The Morgan fingerprint density at radius 3 is 1.90 bits per heavy atom. The molecule has 0 unspecified atom stereocenters. The van der Waals surface area contributed by atoms with Crippen LogP contribution in [0.2, 0.25) is 0 Å². The minimum atomic E-state index is -0.527. The number of hydrogen-bond acceptors (Lipinski definition) is 5. The molecule has 2 rings (SSSR count). The zero-order chi connectivity index (χ0) is 14.5. The molecule has 0 saturated carbocycles. The molecule has 0 aromatic heterocycles. The summed E-state index contributed by atoms with van der Waals surface area (Å²) in [6, 6.07) is 10.6. The Morgan fingerprint density at radius 1 is 0.900 bits per heavy atom. The van der Waals surface area contributed by atoms with Crippen molar-refractivity contribution in [3.63, 3.8) is 0 Å². The molecular formula is C15H14O5. The highest BCUT2D eigenvalue weighted by Gasteiger charge is 2.10. The third-order valence-electron chi connectivity index (χ3n) is 2.64. The van der Waals surface area contributed by atoms with Crippen LogP contribution in [0.3, 0.4) is 0 Å². The van der Waals surface area contributed by atoms with Crippen molar-refractivity contribution in [3.05, 3.63) is 48.0 Å². The summed E-state index contributed by atoms with van der Waals surface area (Å²) in [7, 11) is 3.03. The lowest BCUT2D eigenvalue weighted by Crippen LogP contribution is -2.08. The van der Waals surface area contributed by atoms with Gasteiger partial charge in [0.1, 0.15) is 23.0 Å². The lowest BCUT2D eigenvalue weighted by molar-refractivity contribution is 0.0734. The van der Waals surface area contributed by atoms with Gasteiger partial charge in [0, 0.05) is 18.2 Å². The van der Waals surface area contributed by atoms with Gasteiger partial charge in [-0.3, -0.25) is 0 Å². The first kappa shape index (κ1) is 13.7. The molecule has 0 atom stereocenters. The molecule has 0 aliphatic rings. The van der Waals surface area contributed by atoms with Crippen molar-refractivity contribution in [2.45, 2.75) is 0 Å². The first-order valence-corrected chi connectivity index (χ1v) is 5.86. The van der Waals surface area contributed by atoms with Crippen LogP contribution < -0.4 is 14.2 Å². The summed E-state index contributed by atoms with van der Waals surface area (Å²) in [5, 5.41) is 9.18. The van der Waals surface area contributed by atoms with Gasteiger partial charge in [0.25, 0.3) is 0 Å². The summed E-state index contributed by atoms with van der Waals surface area (Å²) in [5.41, 5.74) is 0.338. The van der Waals surface area contributed by atoms with E-state index in [1.807, 2.05) is 0 Å². The van der Waals surface area contributed by atoms with E-state index in [0.717, 1.165) is 0 Å². The Labute approximate surface area is 116 Å². The monoisotopic (exact) mass is 274 g/mol. The number of rotatable bonds is 4. The van der Waals surface area contributed by atoms with Gasteiger partial charge >= 0.3 is 5.97 Å². The van der Waals surface area contributed by atoms with Crippen molar-refractivity contribution in [1.29, 1.82) is 0 Å². The van der Waals surface area contributed by atoms with Crippen LogP contribution in [-0.4, -0.2) is 25.3 Å². The molecular weight excluding hydrogens is 260 g/mol. The standard InChI is InChI=1S/C15H14O5/c1-18-12-7-13(19-2)9-14(8-12)20-15(17)10-3-5-11(16)6-4-10/h3-9,16H,1-2H3. The number of benzene rings is 2. The van der Waals surface area contributed by atoms with E-state index in [9.17, 15) is 9.90 Å². The quantitative estimate of drug-likeness (QED) is 0.685. The van der Waals surface area contributed by atoms with Crippen molar-refractivity contribution in [2.24, 2.45) is 0 Å². The third kappa shape index (κ3) is 3.20. The minimum absolute atomic E-state index is 0.0876. The van der Waals surface area contributed by atoms with Crippen LogP contribution in [0, 0.1) is 0 Å². The zero-order valence-electron chi connectivity index (χ0n) is 11.1. The van der Waals surface area contributed by atoms with Crippen molar-refractivity contribution in [3.8, 4) is 23.0 Å². The molecule has 0 aliphatic carbocycles. The topological polar surface area (TPSA) is 65.0 Å². The molecule has 0 radical (unpaired) electrons. The van der Waals surface area contributed by atoms with Crippen molar-refractivity contribution >= 4 is 5.97 Å². The summed E-state index contributed by atoms with van der Waals surface area (Å²) in [6.07, 6.45) is 0. The maximum absolute atomic E-state index is 11.9. The SMILES string of the molecule is COc1cc(OC)cc(OC(=O)c2ccc(O)cc2)c1. The highest BCUT2D eigenvalue weighted by atomic mass is 16.5. The molecule has 0 fully saturated rings. The van der Waals surface area contributed by atoms with Gasteiger partial charge in [0.2, 0.25) is 0 Å². The molecule has 20 heavy (non-hydrogen) atoms. The number of carbonyl (C=O) groups excluding carboxylic acids is 1. The van der Waals surface area contributed by atoms with E-state index in [-0.39, 0.29) is 5.75 Å². The second-order valence-electron chi connectivity index (χ2n) is 3.98. The predicted octanol–water partition coefficient (Wildman–Crippen LogP) is 2.63. The summed E-state index contributed by atoms with van der Waals surface area (Å²) in [5.74, 6) is 0.930. The fourth-order valence-corrected chi connectivity index (χ4v) is 1.60. The van der Waals surface area contributed by atoms with Gasteiger partial charge < -0.3 is 19.3 Å². The number of phenols is 1. The van der Waals surface area contributed by atoms with E-state index in [2.05, 4.69) is 0 Å². The highest BCUT2D eigenvalue weighted by molar-refractivity contribution is 5.91. The number of esters is 1. The van der Waals surface area contributed by atoms with Crippen LogP contribution in [0.5, 0.6) is 23.0 Å². The predicted molar refractivity (Wildman–Crippen MR) is 72.6 cm³/mol. The van der Waals surface area contributed by atoms with Crippen LogP contribution in [0.4, 0.5) is 0 Å². The smallest absolute Gasteiger partial charge is 0.343 e. The van der Waals surface area contributed by atoms with Crippen molar-refractivity contribution < 1.29 is 24.1 Å². The van der Waals surface area contributed by atoms with Crippen LogP contribution in [-0.2, 0) is 0 Å². The molecule has 1 N–H and O–H groups in total. The van der Waals surface area contributed by atoms with Crippen LogP contribution in [0.15, 0.2) is 42.5 Å². The third-order valence-corrected chi connectivity index (χ3v) is 2.64. The van der Waals surface area contributed by atoms with E-state index in [1.165, 1.54) is 38.5 Å². The van der Waals surface area contributed by atoms with Gasteiger partial charge in [-0.05, 0) is 24.3 Å². The fourth-order valence-electron chi connectivity index (χ4n) is 1.60. The molecule has 5 nitrogen and oxygen atoms in total. The van der Waals surface area contributed by atoms with Gasteiger partial charge in [-0.1, -0.05) is 0 Å². The average molecular weight is 274 g/mol. The number of ether oxygens (including phenoxy) is 3. The van der Waals surface area contributed by atoms with Crippen molar-refractivity contribution in [1.82, 2.24) is 0 Å². The molecule has 0 aliphatic heterocycles. The Hall–Kier alpha value is -2.69. The summed E-state index contributed by atoms with van der Waals surface area (Å²) in [4.78, 5) is 11.9. The highest BCUT2D eigenvalue weighted by Crippen LogP contribution is 2.28. The summed E-state index contributed by atoms with van der Waals surface area (Å²) < 4.78 is 15.4. The Bertz CT molecular complexity index is 582. The lowest BCUT2D eigenvalue weighted by Gasteiger charge is -2.09. The molecule has 0 bridgehead atoms. The van der Waals surface area contributed by atoms with Gasteiger partial charge in [-0.15, -0.1) is 0 Å². The van der Waals surface area contributed by atoms with Gasteiger partial charge in [-0.25, -0.2) is 4.79 Å². The largest absolute Gasteiger partial charge is 0.508 e. The van der Waals surface area contributed by atoms with E-state index in [0.29, 0.717) is 22.8 Å². The Kier molecular flexibility index (Phi) is 4.10. The van der Waals surface area contributed by atoms with Gasteiger partial charge in [0.05, 0.1) is 19.8 Å². The number of hydrogen-bond donors (Lipinski definition) is 1. The number of phenolic OH excluding ortho intramolecular Hbond substituents is 1.